The lowest BCUT2D eigenvalue weighted by Crippen LogP contribution is -2.50. The lowest BCUT2D eigenvalue weighted by atomic mass is 9.86. The van der Waals surface area contributed by atoms with Gasteiger partial charge in [0.25, 0.3) is 0 Å². The molecule has 26 heavy (non-hydrogen) atoms. The third-order valence-corrected chi connectivity index (χ3v) is 6.09. The summed E-state index contributed by atoms with van der Waals surface area (Å²) in [5, 5.41) is 0. The largest absolute Gasteiger partial charge is 0.496 e. The van der Waals surface area contributed by atoms with Crippen LogP contribution in [-0.2, 0) is 6.54 Å². The molecule has 0 amide bonds. The molecule has 0 N–H and O–H groups in total. The average Bonchev–Trinajstić information content (AvgIpc) is 2.69. The Morgan fingerprint density at radius 1 is 0.808 bits per heavy atom. The SMILES string of the molecule is COc1cc(OC)c(OC)cc1CN1CCN(C2CCC(C)CC2)CC1. The number of piperazine rings is 1. The van der Waals surface area contributed by atoms with Crippen molar-refractivity contribution >= 4 is 0 Å². The van der Waals surface area contributed by atoms with Gasteiger partial charge < -0.3 is 14.2 Å². The molecule has 3 rings (SSSR count). The van der Waals surface area contributed by atoms with Crippen LogP contribution in [0, 0.1) is 5.92 Å². The Balaban J connectivity index is 1.59. The molecule has 2 aliphatic rings. The minimum atomic E-state index is 0.712. The number of rotatable bonds is 6. The standard InChI is InChI=1S/C21H34N2O3/c1-16-5-7-18(8-6-16)23-11-9-22(10-12-23)15-17-13-20(25-3)21(26-4)14-19(17)24-2/h13-14,16,18H,5-12,15H2,1-4H3. The molecule has 1 aliphatic carbocycles. The van der Waals surface area contributed by atoms with Gasteiger partial charge >= 0.3 is 0 Å². The highest BCUT2D eigenvalue weighted by atomic mass is 16.5. The predicted octanol–water partition coefficient (Wildman–Crippen LogP) is 3.41. The van der Waals surface area contributed by atoms with Crippen molar-refractivity contribution < 1.29 is 14.2 Å². The van der Waals surface area contributed by atoms with Crippen LogP contribution in [0.2, 0.25) is 0 Å². The van der Waals surface area contributed by atoms with Crippen LogP contribution in [0.4, 0.5) is 0 Å². The summed E-state index contributed by atoms with van der Waals surface area (Å²) in [6.07, 6.45) is 5.55. The summed E-state index contributed by atoms with van der Waals surface area (Å²) in [6.45, 7) is 7.86. The van der Waals surface area contributed by atoms with Crippen molar-refractivity contribution in [3.63, 3.8) is 0 Å². The third-order valence-electron chi connectivity index (χ3n) is 6.09. The number of methoxy groups -OCH3 is 3. The van der Waals surface area contributed by atoms with E-state index in [-0.39, 0.29) is 0 Å². The normalized spacial score (nSPS) is 25.1. The fourth-order valence-electron chi connectivity index (χ4n) is 4.35. The fraction of sp³-hybridized carbons (Fsp3) is 0.714. The van der Waals surface area contributed by atoms with Crippen LogP contribution in [-0.4, -0.2) is 63.4 Å². The highest BCUT2D eigenvalue weighted by molar-refractivity contribution is 5.50. The molecular weight excluding hydrogens is 328 g/mol. The van der Waals surface area contributed by atoms with Gasteiger partial charge in [0.15, 0.2) is 11.5 Å². The molecule has 5 heteroatoms. The Labute approximate surface area is 158 Å². The Bertz CT molecular complexity index is 577. The van der Waals surface area contributed by atoms with Crippen LogP contribution < -0.4 is 14.2 Å². The molecule has 0 radical (unpaired) electrons. The molecule has 0 aromatic heterocycles. The Kier molecular flexibility index (Phi) is 6.65. The molecule has 0 unspecified atom stereocenters. The van der Waals surface area contributed by atoms with E-state index in [1.807, 2.05) is 12.1 Å². The molecular formula is C21H34N2O3. The Morgan fingerprint density at radius 2 is 1.38 bits per heavy atom. The van der Waals surface area contributed by atoms with E-state index in [1.165, 1.54) is 38.8 Å². The van der Waals surface area contributed by atoms with E-state index in [4.69, 9.17) is 14.2 Å². The number of benzene rings is 1. The quantitative estimate of drug-likeness (QED) is 0.775. The van der Waals surface area contributed by atoms with Crippen molar-refractivity contribution in [2.24, 2.45) is 5.92 Å². The molecule has 1 saturated carbocycles. The average molecular weight is 363 g/mol. The van der Waals surface area contributed by atoms with Gasteiger partial charge in [0.2, 0.25) is 0 Å². The van der Waals surface area contributed by atoms with Crippen molar-refractivity contribution in [2.75, 3.05) is 47.5 Å². The number of hydrogen-bond donors (Lipinski definition) is 0. The van der Waals surface area contributed by atoms with E-state index in [9.17, 15) is 0 Å². The van der Waals surface area contributed by atoms with Crippen LogP contribution in [0.3, 0.4) is 0 Å². The van der Waals surface area contributed by atoms with Gasteiger partial charge in [-0.1, -0.05) is 6.92 Å². The summed E-state index contributed by atoms with van der Waals surface area (Å²) >= 11 is 0. The van der Waals surface area contributed by atoms with E-state index >= 15 is 0 Å². The molecule has 146 valence electrons. The molecule has 0 spiro atoms. The van der Waals surface area contributed by atoms with Gasteiger partial charge in [-0.3, -0.25) is 9.80 Å². The molecule has 1 heterocycles. The van der Waals surface area contributed by atoms with Crippen molar-refractivity contribution in [1.29, 1.82) is 0 Å². The van der Waals surface area contributed by atoms with Crippen LogP contribution in [0.5, 0.6) is 17.2 Å². The third kappa shape index (κ3) is 4.44. The molecule has 0 atom stereocenters. The number of ether oxygens (including phenoxy) is 3. The highest BCUT2D eigenvalue weighted by Crippen LogP contribution is 2.35. The summed E-state index contributed by atoms with van der Waals surface area (Å²) in [5.41, 5.74) is 1.16. The van der Waals surface area contributed by atoms with E-state index < -0.39 is 0 Å². The first kappa shape index (κ1) is 19.3. The molecule has 0 bridgehead atoms. The molecule has 1 saturated heterocycles. The van der Waals surface area contributed by atoms with Crippen LogP contribution in [0.15, 0.2) is 12.1 Å². The van der Waals surface area contributed by atoms with Crippen molar-refractivity contribution in [3.8, 4) is 17.2 Å². The van der Waals surface area contributed by atoms with Gasteiger partial charge in [0.1, 0.15) is 5.75 Å². The number of nitrogens with zero attached hydrogens (tertiary/aromatic N) is 2. The van der Waals surface area contributed by atoms with Crippen LogP contribution in [0.25, 0.3) is 0 Å². The second kappa shape index (κ2) is 8.96. The van der Waals surface area contributed by atoms with Crippen LogP contribution in [0.1, 0.15) is 38.2 Å². The van der Waals surface area contributed by atoms with Crippen molar-refractivity contribution in [2.45, 2.75) is 45.2 Å². The smallest absolute Gasteiger partial charge is 0.164 e. The summed E-state index contributed by atoms with van der Waals surface area (Å²) in [7, 11) is 5.05. The zero-order valence-corrected chi connectivity index (χ0v) is 16.8. The maximum atomic E-state index is 5.58. The van der Waals surface area contributed by atoms with Crippen LogP contribution >= 0.6 is 0 Å². The van der Waals surface area contributed by atoms with Gasteiger partial charge in [0.05, 0.1) is 21.3 Å². The summed E-state index contributed by atoms with van der Waals surface area (Å²) in [6, 6.07) is 4.78. The lowest BCUT2D eigenvalue weighted by molar-refractivity contribution is 0.0685. The summed E-state index contributed by atoms with van der Waals surface area (Å²) in [4.78, 5) is 5.24. The summed E-state index contributed by atoms with van der Waals surface area (Å²) in [5.74, 6) is 3.26. The molecule has 5 nitrogen and oxygen atoms in total. The first-order valence-corrected chi connectivity index (χ1v) is 9.90. The monoisotopic (exact) mass is 362 g/mol. The van der Waals surface area contributed by atoms with Gasteiger partial charge in [0, 0.05) is 50.4 Å². The minimum absolute atomic E-state index is 0.712. The maximum Gasteiger partial charge on any atom is 0.164 e. The zero-order valence-electron chi connectivity index (χ0n) is 16.8. The van der Waals surface area contributed by atoms with Gasteiger partial charge in [-0.05, 0) is 37.7 Å². The van der Waals surface area contributed by atoms with E-state index in [1.54, 1.807) is 21.3 Å². The first-order valence-electron chi connectivity index (χ1n) is 9.90. The maximum absolute atomic E-state index is 5.58. The first-order chi connectivity index (χ1) is 12.6. The Morgan fingerprint density at radius 3 is 1.96 bits per heavy atom. The van der Waals surface area contributed by atoms with Gasteiger partial charge in [-0.25, -0.2) is 0 Å². The lowest BCUT2D eigenvalue weighted by Gasteiger charge is -2.41. The second-order valence-electron chi connectivity index (χ2n) is 7.74. The predicted molar refractivity (Wildman–Crippen MR) is 104 cm³/mol. The summed E-state index contributed by atoms with van der Waals surface area (Å²) < 4.78 is 16.4. The van der Waals surface area contributed by atoms with Crippen molar-refractivity contribution in [1.82, 2.24) is 9.80 Å². The zero-order chi connectivity index (χ0) is 18.5. The topological polar surface area (TPSA) is 34.2 Å². The number of hydrogen-bond acceptors (Lipinski definition) is 5. The fourth-order valence-corrected chi connectivity index (χ4v) is 4.35. The second-order valence-corrected chi connectivity index (χ2v) is 7.74. The highest BCUT2D eigenvalue weighted by Gasteiger charge is 2.27. The molecule has 1 aromatic carbocycles. The van der Waals surface area contributed by atoms with Crippen molar-refractivity contribution in [3.05, 3.63) is 17.7 Å². The minimum Gasteiger partial charge on any atom is -0.496 e. The Hall–Kier alpha value is -1.46. The van der Waals surface area contributed by atoms with Gasteiger partial charge in [-0.2, -0.15) is 0 Å². The van der Waals surface area contributed by atoms with E-state index in [0.29, 0.717) is 5.75 Å². The molecule has 1 aliphatic heterocycles. The van der Waals surface area contributed by atoms with Gasteiger partial charge in [-0.15, -0.1) is 0 Å². The molecule has 2 fully saturated rings. The van der Waals surface area contributed by atoms with E-state index in [0.717, 1.165) is 48.7 Å². The van der Waals surface area contributed by atoms with E-state index in [2.05, 4.69) is 16.7 Å². The molecule has 1 aromatic rings.